The van der Waals surface area contributed by atoms with Crippen LogP contribution in [0.3, 0.4) is 0 Å². The van der Waals surface area contributed by atoms with E-state index >= 15 is 0 Å². The molecule has 2 aromatic heterocycles. The van der Waals surface area contributed by atoms with E-state index in [9.17, 15) is 9.59 Å². The minimum absolute atomic E-state index is 0.0575. The summed E-state index contributed by atoms with van der Waals surface area (Å²) in [7, 11) is 3.77. The number of nitrogens with one attached hydrogen (secondary N) is 2. The normalized spacial score (nSPS) is 20.1. The number of urea groups is 1. The number of likely N-dealkylation sites (N-methyl/N-ethyl adjacent to an activating group) is 2. The molecule has 2 N–H and O–H groups in total. The fourth-order valence-electron chi connectivity index (χ4n) is 4.49. The predicted octanol–water partition coefficient (Wildman–Crippen LogP) is 2.44. The van der Waals surface area contributed by atoms with Crippen LogP contribution in [0.25, 0.3) is 0 Å². The van der Waals surface area contributed by atoms with Crippen molar-refractivity contribution in [2.45, 2.75) is 44.8 Å². The van der Waals surface area contributed by atoms with Crippen LogP contribution in [0.5, 0.6) is 5.88 Å². The van der Waals surface area contributed by atoms with Gasteiger partial charge in [0, 0.05) is 32.9 Å². The first kappa shape index (κ1) is 26.3. The molecule has 2 fully saturated rings. The molecule has 13 heteroatoms. The first-order chi connectivity index (χ1) is 17.9. The number of likely N-dealkylation sites (tertiary alicyclic amines) is 1. The van der Waals surface area contributed by atoms with Crippen LogP contribution in [0.4, 0.5) is 27.2 Å². The van der Waals surface area contributed by atoms with Gasteiger partial charge in [0.1, 0.15) is 11.9 Å². The Morgan fingerprint density at radius 1 is 1.08 bits per heavy atom. The Bertz CT molecular complexity index is 1050. The second-order valence-electron chi connectivity index (χ2n) is 9.25. The number of carbonyl (C=O) groups excluding carboxylic acids is 2. The third-order valence-electron chi connectivity index (χ3n) is 6.43. The van der Waals surface area contributed by atoms with Crippen molar-refractivity contribution in [1.29, 1.82) is 0 Å². The molecule has 2 aliphatic rings. The molecule has 13 nitrogen and oxygen atoms in total. The standard InChI is InChI=1S/C24H35N9O4/c1-4-36-21-14-26-20(13-27-21)29-23(34)32(3)17-7-5-12-33(15-17)22-25-10-9-19(28-22)30-24(35)37-18-8-6-11-31(2)16-18/h9-10,13-14,17-18H,4-8,11-12,15-16H2,1-3H3,(H,26,29,34)(H,25,28,30,35)/t17-,18-/m1/s1. The van der Waals surface area contributed by atoms with Crippen LogP contribution in [0.1, 0.15) is 32.6 Å². The average Bonchev–Trinajstić information content (AvgIpc) is 2.89. The van der Waals surface area contributed by atoms with Gasteiger partial charge in [-0.25, -0.2) is 24.5 Å². The van der Waals surface area contributed by atoms with Gasteiger partial charge in [-0.2, -0.15) is 4.98 Å². The monoisotopic (exact) mass is 513 g/mol. The summed E-state index contributed by atoms with van der Waals surface area (Å²) >= 11 is 0. The van der Waals surface area contributed by atoms with Crippen LogP contribution in [-0.4, -0.2) is 101 Å². The average molecular weight is 514 g/mol. The minimum Gasteiger partial charge on any atom is -0.477 e. The lowest BCUT2D eigenvalue weighted by Crippen LogP contribution is -2.50. The second kappa shape index (κ2) is 12.5. The number of hydrogen-bond donors (Lipinski definition) is 2. The molecule has 0 bridgehead atoms. The molecule has 4 heterocycles. The van der Waals surface area contributed by atoms with E-state index in [1.54, 1.807) is 24.2 Å². The van der Waals surface area contributed by atoms with Crippen LogP contribution in [0, 0.1) is 0 Å². The van der Waals surface area contributed by atoms with Crippen molar-refractivity contribution in [1.82, 2.24) is 29.7 Å². The van der Waals surface area contributed by atoms with Gasteiger partial charge in [-0.15, -0.1) is 0 Å². The van der Waals surface area contributed by atoms with Crippen LogP contribution in [-0.2, 0) is 4.74 Å². The molecular weight excluding hydrogens is 478 g/mol. The Kier molecular flexibility index (Phi) is 8.88. The molecule has 0 aliphatic carbocycles. The molecule has 2 aliphatic heterocycles. The maximum Gasteiger partial charge on any atom is 0.413 e. The summed E-state index contributed by atoms with van der Waals surface area (Å²) < 4.78 is 10.8. The van der Waals surface area contributed by atoms with Gasteiger partial charge in [0.25, 0.3) is 0 Å². The number of rotatable bonds is 7. The van der Waals surface area contributed by atoms with E-state index < -0.39 is 6.09 Å². The van der Waals surface area contributed by atoms with Gasteiger partial charge in [0.2, 0.25) is 11.8 Å². The molecule has 2 saturated heterocycles. The number of anilines is 3. The minimum atomic E-state index is -0.518. The van der Waals surface area contributed by atoms with Crippen molar-refractivity contribution in [3.05, 3.63) is 24.7 Å². The highest BCUT2D eigenvalue weighted by Gasteiger charge is 2.28. The quantitative estimate of drug-likeness (QED) is 0.568. The summed E-state index contributed by atoms with van der Waals surface area (Å²) in [5.74, 6) is 1.62. The van der Waals surface area contributed by atoms with E-state index in [-0.39, 0.29) is 18.2 Å². The Labute approximate surface area is 216 Å². The maximum atomic E-state index is 12.8. The van der Waals surface area contributed by atoms with Crippen molar-refractivity contribution < 1.29 is 19.1 Å². The first-order valence-electron chi connectivity index (χ1n) is 12.6. The molecule has 3 amide bonds. The van der Waals surface area contributed by atoms with Crippen LogP contribution in [0.2, 0.25) is 0 Å². The van der Waals surface area contributed by atoms with Crippen LogP contribution < -0.4 is 20.3 Å². The van der Waals surface area contributed by atoms with Gasteiger partial charge in [-0.3, -0.25) is 10.6 Å². The number of nitrogens with zero attached hydrogens (tertiary/aromatic N) is 7. The molecule has 0 saturated carbocycles. The third-order valence-corrected chi connectivity index (χ3v) is 6.43. The summed E-state index contributed by atoms with van der Waals surface area (Å²) in [6, 6.07) is 1.30. The van der Waals surface area contributed by atoms with Crippen molar-refractivity contribution >= 4 is 29.7 Å². The van der Waals surface area contributed by atoms with Crippen LogP contribution in [0.15, 0.2) is 24.7 Å². The molecule has 0 spiro atoms. The number of hydrogen-bond acceptors (Lipinski definition) is 10. The van der Waals surface area contributed by atoms with E-state index in [1.165, 1.54) is 12.4 Å². The fourth-order valence-corrected chi connectivity index (χ4v) is 4.49. The number of piperidine rings is 2. The largest absolute Gasteiger partial charge is 0.477 e. The number of carbonyl (C=O) groups is 2. The lowest BCUT2D eigenvalue weighted by atomic mass is 10.1. The second-order valence-corrected chi connectivity index (χ2v) is 9.25. The Hall–Kier alpha value is -3.74. The van der Waals surface area contributed by atoms with E-state index in [1.807, 2.05) is 18.9 Å². The fraction of sp³-hybridized carbons (Fsp3) is 0.583. The molecule has 37 heavy (non-hydrogen) atoms. The molecule has 2 atom stereocenters. The highest BCUT2D eigenvalue weighted by atomic mass is 16.6. The van der Waals surface area contributed by atoms with Crippen molar-refractivity contribution in [2.24, 2.45) is 0 Å². The van der Waals surface area contributed by atoms with Gasteiger partial charge >= 0.3 is 12.1 Å². The van der Waals surface area contributed by atoms with E-state index in [0.717, 1.165) is 45.3 Å². The van der Waals surface area contributed by atoms with Gasteiger partial charge in [-0.1, -0.05) is 0 Å². The summed E-state index contributed by atoms with van der Waals surface area (Å²) in [5, 5.41) is 5.49. The summed E-state index contributed by atoms with van der Waals surface area (Å²) in [6.07, 6.45) is 7.47. The zero-order valence-corrected chi connectivity index (χ0v) is 21.6. The predicted molar refractivity (Wildman–Crippen MR) is 138 cm³/mol. The Morgan fingerprint density at radius 3 is 2.68 bits per heavy atom. The lowest BCUT2D eigenvalue weighted by molar-refractivity contribution is 0.0593. The van der Waals surface area contributed by atoms with Crippen molar-refractivity contribution in [2.75, 3.05) is 62.4 Å². The lowest BCUT2D eigenvalue weighted by Gasteiger charge is -2.37. The summed E-state index contributed by atoms with van der Waals surface area (Å²) in [4.78, 5) is 48.3. The molecular formula is C24H35N9O4. The van der Waals surface area contributed by atoms with Crippen LogP contribution >= 0.6 is 0 Å². The van der Waals surface area contributed by atoms with E-state index in [2.05, 4.69) is 35.5 Å². The van der Waals surface area contributed by atoms with Gasteiger partial charge in [0.05, 0.1) is 25.0 Å². The molecule has 4 rings (SSSR count). The number of aromatic nitrogens is 4. The summed E-state index contributed by atoms with van der Waals surface area (Å²) in [5.41, 5.74) is 0. The van der Waals surface area contributed by atoms with E-state index in [0.29, 0.717) is 36.6 Å². The highest BCUT2D eigenvalue weighted by Crippen LogP contribution is 2.21. The number of ether oxygens (including phenoxy) is 2. The maximum absolute atomic E-state index is 12.8. The molecule has 0 aromatic carbocycles. The molecule has 0 unspecified atom stereocenters. The molecule has 2 aromatic rings. The number of amides is 3. The molecule has 0 radical (unpaired) electrons. The first-order valence-corrected chi connectivity index (χ1v) is 12.6. The van der Waals surface area contributed by atoms with Gasteiger partial charge < -0.3 is 24.2 Å². The highest BCUT2D eigenvalue weighted by molar-refractivity contribution is 5.88. The third kappa shape index (κ3) is 7.38. The van der Waals surface area contributed by atoms with Crippen molar-refractivity contribution in [3.63, 3.8) is 0 Å². The Morgan fingerprint density at radius 2 is 1.92 bits per heavy atom. The summed E-state index contributed by atoms with van der Waals surface area (Å²) in [6.45, 7) is 5.40. The SMILES string of the molecule is CCOc1cnc(NC(=O)N(C)[C@@H]2CCCN(c3nccc(NC(=O)O[C@@H]4CCCN(C)C4)n3)C2)cn1. The molecule has 200 valence electrons. The zero-order chi connectivity index (χ0) is 26.2. The topological polar surface area (TPSA) is 138 Å². The van der Waals surface area contributed by atoms with Gasteiger partial charge in [0.15, 0.2) is 5.82 Å². The van der Waals surface area contributed by atoms with E-state index in [4.69, 9.17) is 9.47 Å². The smallest absolute Gasteiger partial charge is 0.413 e. The zero-order valence-electron chi connectivity index (χ0n) is 21.6. The Balaban J connectivity index is 1.31. The van der Waals surface area contributed by atoms with Crippen molar-refractivity contribution in [3.8, 4) is 5.88 Å². The van der Waals surface area contributed by atoms with Gasteiger partial charge in [-0.05, 0) is 52.3 Å².